The standard InChI is InChI=1S/C16H12BrFINO/c1-20-16(12-8-10(17)2-4-13(12)19)15-7-9-6-11(18)3-5-14(9)21-15/h2-8,16,20H,1H3. The predicted molar refractivity (Wildman–Crippen MR) is 93.9 cm³/mol. The van der Waals surface area contributed by atoms with Gasteiger partial charge in [-0.15, -0.1) is 0 Å². The summed E-state index contributed by atoms with van der Waals surface area (Å²) in [6, 6.07) is 12.5. The van der Waals surface area contributed by atoms with Gasteiger partial charge in [-0.05, 0) is 77.7 Å². The van der Waals surface area contributed by atoms with Crippen LogP contribution in [0, 0.1) is 9.39 Å². The third-order valence-corrected chi connectivity index (χ3v) is 4.82. The van der Waals surface area contributed by atoms with Gasteiger partial charge in [0.05, 0.1) is 6.04 Å². The summed E-state index contributed by atoms with van der Waals surface area (Å²) in [5.41, 5.74) is 1.81. The Balaban J connectivity index is 2.11. The van der Waals surface area contributed by atoms with Gasteiger partial charge in [-0.1, -0.05) is 15.9 Å². The Labute approximate surface area is 144 Å². The second-order valence-corrected chi connectivity index (χ2v) is 6.80. The molecule has 0 aliphatic rings. The van der Waals surface area contributed by atoms with Crippen LogP contribution in [0.5, 0.6) is 0 Å². The van der Waals surface area contributed by atoms with Gasteiger partial charge >= 0.3 is 0 Å². The first-order valence-electron chi connectivity index (χ1n) is 6.39. The van der Waals surface area contributed by atoms with E-state index in [9.17, 15) is 4.39 Å². The number of hydrogen-bond donors (Lipinski definition) is 1. The van der Waals surface area contributed by atoms with Gasteiger partial charge in [0, 0.05) is 13.4 Å². The van der Waals surface area contributed by atoms with Crippen molar-refractivity contribution < 1.29 is 8.81 Å². The van der Waals surface area contributed by atoms with Gasteiger partial charge in [-0.3, -0.25) is 0 Å². The SMILES string of the molecule is CNC(c1cc2cc(F)ccc2o1)c1cc(Br)ccc1I. The van der Waals surface area contributed by atoms with Crippen LogP contribution >= 0.6 is 38.5 Å². The number of rotatable bonds is 3. The molecule has 1 atom stereocenters. The second kappa shape index (κ2) is 6.06. The maximum absolute atomic E-state index is 13.3. The van der Waals surface area contributed by atoms with Crippen molar-refractivity contribution in [1.29, 1.82) is 0 Å². The van der Waals surface area contributed by atoms with E-state index in [1.54, 1.807) is 6.07 Å². The fourth-order valence-electron chi connectivity index (χ4n) is 2.36. The number of furan rings is 1. The molecule has 5 heteroatoms. The zero-order valence-electron chi connectivity index (χ0n) is 11.2. The minimum atomic E-state index is -0.257. The van der Waals surface area contributed by atoms with Gasteiger partial charge in [0.25, 0.3) is 0 Å². The van der Waals surface area contributed by atoms with E-state index in [0.29, 0.717) is 5.58 Å². The zero-order chi connectivity index (χ0) is 15.0. The van der Waals surface area contributed by atoms with Crippen molar-refractivity contribution in [2.75, 3.05) is 7.05 Å². The highest BCUT2D eigenvalue weighted by molar-refractivity contribution is 14.1. The van der Waals surface area contributed by atoms with Crippen LogP contribution < -0.4 is 5.32 Å². The summed E-state index contributed by atoms with van der Waals surface area (Å²) < 4.78 is 21.3. The monoisotopic (exact) mass is 459 g/mol. The maximum atomic E-state index is 13.3. The normalized spacial score (nSPS) is 12.8. The van der Waals surface area contributed by atoms with E-state index in [-0.39, 0.29) is 11.9 Å². The first kappa shape index (κ1) is 15.0. The summed E-state index contributed by atoms with van der Waals surface area (Å²) in [5, 5.41) is 4.04. The van der Waals surface area contributed by atoms with Crippen molar-refractivity contribution >= 4 is 49.5 Å². The Hall–Kier alpha value is -0.920. The van der Waals surface area contributed by atoms with E-state index in [1.807, 2.05) is 25.2 Å². The molecule has 21 heavy (non-hydrogen) atoms. The molecule has 0 saturated heterocycles. The Morgan fingerprint density at radius 3 is 2.76 bits per heavy atom. The summed E-state index contributed by atoms with van der Waals surface area (Å²) in [5.74, 6) is 0.516. The number of nitrogens with one attached hydrogen (secondary N) is 1. The fourth-order valence-corrected chi connectivity index (χ4v) is 3.39. The van der Waals surface area contributed by atoms with E-state index in [2.05, 4.69) is 49.9 Å². The molecular weight excluding hydrogens is 448 g/mol. The van der Waals surface area contributed by atoms with Crippen LogP contribution in [0.25, 0.3) is 11.0 Å². The molecule has 2 nitrogen and oxygen atoms in total. The molecule has 0 saturated carbocycles. The minimum Gasteiger partial charge on any atom is -0.459 e. The van der Waals surface area contributed by atoms with Crippen molar-refractivity contribution in [1.82, 2.24) is 5.32 Å². The van der Waals surface area contributed by atoms with Gasteiger partial charge in [-0.2, -0.15) is 0 Å². The van der Waals surface area contributed by atoms with Gasteiger partial charge in [-0.25, -0.2) is 4.39 Å². The summed E-state index contributed by atoms with van der Waals surface area (Å²) in [4.78, 5) is 0. The Morgan fingerprint density at radius 2 is 2.00 bits per heavy atom. The molecule has 2 aromatic carbocycles. The van der Waals surface area contributed by atoms with Crippen LogP contribution in [-0.2, 0) is 0 Å². The van der Waals surface area contributed by atoms with Crippen LogP contribution in [0.15, 0.2) is 51.4 Å². The van der Waals surface area contributed by atoms with E-state index in [0.717, 1.165) is 24.8 Å². The van der Waals surface area contributed by atoms with Gasteiger partial charge < -0.3 is 9.73 Å². The minimum absolute atomic E-state index is 0.0788. The smallest absolute Gasteiger partial charge is 0.134 e. The van der Waals surface area contributed by atoms with Crippen LogP contribution in [0.3, 0.4) is 0 Å². The van der Waals surface area contributed by atoms with Crippen LogP contribution in [-0.4, -0.2) is 7.05 Å². The molecule has 0 amide bonds. The number of halogens is 3. The lowest BCUT2D eigenvalue weighted by molar-refractivity contribution is 0.490. The van der Waals surface area contributed by atoms with Crippen LogP contribution in [0.2, 0.25) is 0 Å². The van der Waals surface area contributed by atoms with Crippen molar-refractivity contribution in [2.45, 2.75) is 6.04 Å². The maximum Gasteiger partial charge on any atom is 0.134 e. The van der Waals surface area contributed by atoms with E-state index < -0.39 is 0 Å². The van der Waals surface area contributed by atoms with Crippen LogP contribution in [0.1, 0.15) is 17.4 Å². The van der Waals surface area contributed by atoms with Crippen molar-refractivity contribution in [3.8, 4) is 0 Å². The lowest BCUT2D eigenvalue weighted by Gasteiger charge is -2.16. The summed E-state index contributed by atoms with van der Waals surface area (Å²) in [6.45, 7) is 0. The molecule has 3 rings (SSSR count). The van der Waals surface area contributed by atoms with Gasteiger partial charge in [0.15, 0.2) is 0 Å². The quantitative estimate of drug-likeness (QED) is 0.541. The number of benzene rings is 2. The summed E-state index contributed by atoms with van der Waals surface area (Å²) in [7, 11) is 1.88. The molecule has 0 fully saturated rings. The highest BCUT2D eigenvalue weighted by atomic mass is 127. The molecule has 0 aliphatic heterocycles. The van der Waals surface area contributed by atoms with E-state index in [1.165, 1.54) is 12.1 Å². The molecule has 0 bridgehead atoms. The molecule has 108 valence electrons. The fraction of sp³-hybridized carbons (Fsp3) is 0.125. The Bertz CT molecular complexity index is 802. The molecule has 3 aromatic rings. The number of fused-ring (bicyclic) bond motifs is 1. The van der Waals surface area contributed by atoms with Gasteiger partial charge in [0.1, 0.15) is 17.2 Å². The van der Waals surface area contributed by atoms with Crippen molar-refractivity contribution in [2.24, 2.45) is 0 Å². The third-order valence-electron chi connectivity index (χ3n) is 3.34. The van der Waals surface area contributed by atoms with Gasteiger partial charge in [0.2, 0.25) is 0 Å². The molecule has 0 spiro atoms. The number of hydrogen-bond acceptors (Lipinski definition) is 2. The molecule has 0 aliphatic carbocycles. The third kappa shape index (κ3) is 3.00. The average Bonchev–Trinajstić information content (AvgIpc) is 2.86. The molecule has 1 heterocycles. The van der Waals surface area contributed by atoms with Crippen LogP contribution in [0.4, 0.5) is 4.39 Å². The first-order chi connectivity index (χ1) is 10.1. The lowest BCUT2D eigenvalue weighted by Crippen LogP contribution is -2.18. The average molecular weight is 460 g/mol. The summed E-state index contributed by atoms with van der Waals surface area (Å²) in [6.07, 6.45) is 0. The zero-order valence-corrected chi connectivity index (χ0v) is 14.9. The molecule has 0 radical (unpaired) electrons. The largest absolute Gasteiger partial charge is 0.459 e. The van der Waals surface area contributed by atoms with E-state index >= 15 is 0 Å². The van der Waals surface area contributed by atoms with Crippen molar-refractivity contribution in [3.05, 3.63) is 67.6 Å². The van der Waals surface area contributed by atoms with E-state index in [4.69, 9.17) is 4.42 Å². The first-order valence-corrected chi connectivity index (χ1v) is 8.27. The second-order valence-electron chi connectivity index (χ2n) is 4.72. The predicted octanol–water partition coefficient (Wildman–Crippen LogP) is 5.25. The molecule has 1 unspecified atom stereocenters. The molecular formula is C16H12BrFINO. The highest BCUT2D eigenvalue weighted by Gasteiger charge is 2.19. The molecule has 1 N–H and O–H groups in total. The summed E-state index contributed by atoms with van der Waals surface area (Å²) >= 11 is 5.80. The topological polar surface area (TPSA) is 25.2 Å². The van der Waals surface area contributed by atoms with Crippen molar-refractivity contribution in [3.63, 3.8) is 0 Å². The lowest BCUT2D eigenvalue weighted by atomic mass is 10.0. The molecule has 1 aromatic heterocycles. The Kier molecular flexibility index (Phi) is 4.33. The highest BCUT2D eigenvalue weighted by Crippen LogP contribution is 2.32. The Morgan fingerprint density at radius 1 is 1.19 bits per heavy atom.